The highest BCUT2D eigenvalue weighted by molar-refractivity contribution is 5.10. The first-order valence-electron chi connectivity index (χ1n) is 7.28. The minimum atomic E-state index is -0.0402. The molecule has 3 rings (SSSR count). The smallest absolute Gasteiger partial charge is 0.234 e. The van der Waals surface area contributed by atoms with Crippen molar-refractivity contribution in [3.05, 3.63) is 11.7 Å². The van der Waals surface area contributed by atoms with E-state index in [1.54, 1.807) is 0 Å². The Labute approximate surface area is 108 Å². The van der Waals surface area contributed by atoms with E-state index in [0.717, 1.165) is 30.5 Å². The number of nitrogens with zero attached hydrogens (tertiary/aromatic N) is 2. The Morgan fingerprint density at radius 3 is 2.56 bits per heavy atom. The van der Waals surface area contributed by atoms with E-state index in [1.165, 1.54) is 32.1 Å². The molecule has 0 bridgehead atoms. The van der Waals surface area contributed by atoms with Crippen molar-refractivity contribution in [1.29, 1.82) is 0 Å². The maximum absolute atomic E-state index is 6.02. The van der Waals surface area contributed by atoms with Gasteiger partial charge in [0.1, 0.15) is 0 Å². The lowest BCUT2D eigenvalue weighted by molar-refractivity contribution is 0.191. The first-order valence-corrected chi connectivity index (χ1v) is 7.28. The second-order valence-electron chi connectivity index (χ2n) is 6.25. The van der Waals surface area contributed by atoms with Crippen LogP contribution in [0.25, 0.3) is 0 Å². The van der Waals surface area contributed by atoms with Crippen molar-refractivity contribution in [3.8, 4) is 0 Å². The fourth-order valence-corrected chi connectivity index (χ4v) is 3.10. The molecule has 100 valence electrons. The third-order valence-electron chi connectivity index (χ3n) is 4.99. The minimum absolute atomic E-state index is 0.0402. The molecule has 2 aliphatic carbocycles. The van der Waals surface area contributed by atoms with Gasteiger partial charge in [0.05, 0.1) is 5.41 Å². The van der Waals surface area contributed by atoms with Gasteiger partial charge in [-0.3, -0.25) is 0 Å². The Morgan fingerprint density at radius 1 is 1.28 bits per heavy atom. The molecular formula is C14H23N3O. The lowest BCUT2D eigenvalue weighted by Gasteiger charge is -2.35. The average molecular weight is 249 g/mol. The van der Waals surface area contributed by atoms with Crippen molar-refractivity contribution in [1.82, 2.24) is 10.1 Å². The third kappa shape index (κ3) is 1.96. The quantitative estimate of drug-likeness (QED) is 0.894. The predicted octanol–water partition coefficient (Wildman–Crippen LogP) is 2.74. The van der Waals surface area contributed by atoms with Crippen molar-refractivity contribution >= 4 is 0 Å². The Balaban J connectivity index is 1.80. The van der Waals surface area contributed by atoms with Gasteiger partial charge in [0.25, 0.3) is 0 Å². The van der Waals surface area contributed by atoms with E-state index in [0.29, 0.717) is 12.5 Å². The summed E-state index contributed by atoms with van der Waals surface area (Å²) in [4.78, 5) is 4.67. The molecule has 2 N–H and O–H groups in total. The van der Waals surface area contributed by atoms with Crippen molar-refractivity contribution in [2.75, 3.05) is 6.54 Å². The van der Waals surface area contributed by atoms with Crippen LogP contribution < -0.4 is 5.73 Å². The summed E-state index contributed by atoms with van der Waals surface area (Å²) >= 11 is 0. The minimum Gasteiger partial charge on any atom is -0.339 e. The zero-order valence-corrected chi connectivity index (χ0v) is 11.2. The van der Waals surface area contributed by atoms with Gasteiger partial charge in [0.2, 0.25) is 5.89 Å². The highest BCUT2D eigenvalue weighted by Crippen LogP contribution is 2.41. The molecule has 2 saturated carbocycles. The molecule has 4 heteroatoms. The molecule has 1 aromatic heterocycles. The van der Waals surface area contributed by atoms with Gasteiger partial charge in [-0.1, -0.05) is 18.5 Å². The van der Waals surface area contributed by atoms with E-state index in [-0.39, 0.29) is 5.41 Å². The fraction of sp³-hybridized carbons (Fsp3) is 0.857. The number of rotatable bonds is 3. The predicted molar refractivity (Wildman–Crippen MR) is 69.3 cm³/mol. The van der Waals surface area contributed by atoms with Crippen molar-refractivity contribution in [2.45, 2.75) is 63.2 Å². The molecule has 1 aromatic rings. The van der Waals surface area contributed by atoms with Crippen LogP contribution in [0, 0.1) is 5.92 Å². The average Bonchev–Trinajstić information content (AvgIpc) is 2.78. The molecule has 2 aliphatic rings. The second kappa shape index (κ2) is 4.65. The molecule has 2 fully saturated rings. The van der Waals surface area contributed by atoms with Gasteiger partial charge in [-0.2, -0.15) is 4.98 Å². The van der Waals surface area contributed by atoms with E-state index < -0.39 is 0 Å². The zero-order valence-electron chi connectivity index (χ0n) is 11.2. The molecule has 1 heterocycles. The van der Waals surface area contributed by atoms with E-state index in [1.807, 2.05) is 0 Å². The van der Waals surface area contributed by atoms with Crippen LogP contribution >= 0.6 is 0 Å². The van der Waals surface area contributed by atoms with Crippen LogP contribution in [-0.4, -0.2) is 16.7 Å². The molecule has 4 nitrogen and oxygen atoms in total. The zero-order chi connectivity index (χ0) is 12.6. The van der Waals surface area contributed by atoms with E-state index in [9.17, 15) is 0 Å². The topological polar surface area (TPSA) is 64.9 Å². The van der Waals surface area contributed by atoms with Gasteiger partial charge < -0.3 is 10.3 Å². The van der Waals surface area contributed by atoms with E-state index >= 15 is 0 Å². The maximum atomic E-state index is 6.02. The monoisotopic (exact) mass is 249 g/mol. The molecule has 0 spiro atoms. The van der Waals surface area contributed by atoms with E-state index in [4.69, 9.17) is 10.3 Å². The van der Waals surface area contributed by atoms with Gasteiger partial charge in [0, 0.05) is 12.5 Å². The third-order valence-corrected chi connectivity index (χ3v) is 4.99. The van der Waals surface area contributed by atoms with Gasteiger partial charge in [0.15, 0.2) is 5.82 Å². The van der Waals surface area contributed by atoms with Crippen LogP contribution in [0.15, 0.2) is 4.52 Å². The van der Waals surface area contributed by atoms with Crippen LogP contribution in [-0.2, 0) is 5.41 Å². The van der Waals surface area contributed by atoms with Gasteiger partial charge in [-0.05, 0) is 44.4 Å². The first-order chi connectivity index (χ1) is 8.73. The normalized spacial score (nSPS) is 33.3. The summed E-state index contributed by atoms with van der Waals surface area (Å²) in [5.74, 6) is 3.07. The van der Waals surface area contributed by atoms with E-state index in [2.05, 4.69) is 17.1 Å². The highest BCUT2D eigenvalue weighted by Gasteiger charge is 2.40. The molecule has 0 aromatic carbocycles. The van der Waals surface area contributed by atoms with Crippen molar-refractivity contribution in [3.63, 3.8) is 0 Å². The van der Waals surface area contributed by atoms with Gasteiger partial charge >= 0.3 is 0 Å². The standard InChI is InChI=1S/C14H23N3O/c1-10-5-7-14(9-15,8-6-10)13-16-12(17-18-13)11-3-2-4-11/h10-11H,2-9,15H2,1H3. The molecule has 0 atom stereocenters. The Bertz CT molecular complexity index is 403. The summed E-state index contributed by atoms with van der Waals surface area (Å²) in [5, 5.41) is 4.18. The maximum Gasteiger partial charge on any atom is 0.234 e. The summed E-state index contributed by atoms with van der Waals surface area (Å²) in [5.41, 5.74) is 5.98. The van der Waals surface area contributed by atoms with Crippen LogP contribution in [0.5, 0.6) is 0 Å². The van der Waals surface area contributed by atoms with Crippen LogP contribution in [0.1, 0.15) is 69.5 Å². The Hall–Kier alpha value is -0.900. The molecule has 0 amide bonds. The molecule has 0 saturated heterocycles. The summed E-state index contributed by atoms with van der Waals surface area (Å²) in [6.07, 6.45) is 8.36. The second-order valence-corrected chi connectivity index (χ2v) is 6.25. The highest BCUT2D eigenvalue weighted by atomic mass is 16.5. The SMILES string of the molecule is CC1CCC(CN)(c2nc(C3CCC3)no2)CC1. The summed E-state index contributed by atoms with van der Waals surface area (Å²) in [6, 6.07) is 0. The van der Waals surface area contributed by atoms with Crippen LogP contribution in [0.2, 0.25) is 0 Å². The number of aromatic nitrogens is 2. The molecular weight excluding hydrogens is 226 g/mol. The summed E-state index contributed by atoms with van der Waals surface area (Å²) in [7, 11) is 0. The lowest BCUT2D eigenvalue weighted by Crippen LogP contribution is -2.39. The van der Waals surface area contributed by atoms with Crippen molar-refractivity contribution < 1.29 is 4.52 Å². The molecule has 0 aliphatic heterocycles. The first kappa shape index (κ1) is 12.2. The summed E-state index contributed by atoms with van der Waals surface area (Å²) in [6.45, 7) is 2.94. The van der Waals surface area contributed by atoms with Crippen molar-refractivity contribution in [2.24, 2.45) is 11.7 Å². The number of hydrogen-bond donors (Lipinski definition) is 1. The summed E-state index contributed by atoms with van der Waals surface area (Å²) < 4.78 is 5.55. The van der Waals surface area contributed by atoms with Gasteiger partial charge in [-0.15, -0.1) is 0 Å². The lowest BCUT2D eigenvalue weighted by atomic mass is 9.70. The molecule has 0 unspecified atom stereocenters. The van der Waals surface area contributed by atoms with Crippen LogP contribution in [0.3, 0.4) is 0 Å². The number of hydrogen-bond acceptors (Lipinski definition) is 4. The van der Waals surface area contributed by atoms with Gasteiger partial charge in [-0.25, -0.2) is 0 Å². The Morgan fingerprint density at radius 2 is 2.00 bits per heavy atom. The molecule has 18 heavy (non-hydrogen) atoms. The number of nitrogens with two attached hydrogens (primary N) is 1. The van der Waals surface area contributed by atoms with Crippen LogP contribution in [0.4, 0.5) is 0 Å². The Kier molecular flexibility index (Phi) is 3.14. The largest absolute Gasteiger partial charge is 0.339 e. The fourth-order valence-electron chi connectivity index (χ4n) is 3.10. The molecule has 0 radical (unpaired) electrons.